The summed E-state index contributed by atoms with van der Waals surface area (Å²) < 4.78 is 0.632. The zero-order valence-electron chi connectivity index (χ0n) is 15.0. The van der Waals surface area contributed by atoms with Gasteiger partial charge in [0.05, 0.1) is 14.9 Å². The molecule has 0 amide bonds. The van der Waals surface area contributed by atoms with E-state index in [1.165, 1.54) is 11.3 Å². The summed E-state index contributed by atoms with van der Waals surface area (Å²) in [6, 6.07) is 17.3. The number of Topliss-reactive ketones (excluding diaryl/α,β-unsaturated/α-hetero) is 1. The maximum absolute atomic E-state index is 12.2. The molecule has 7 heteroatoms. The number of anilines is 2. The number of carbonyl (C=O) groups is 1. The molecule has 0 bridgehead atoms. The first-order valence-corrected chi connectivity index (χ1v) is 10.2. The third-order valence-electron chi connectivity index (χ3n) is 4.43. The highest BCUT2D eigenvalue weighted by atomic mass is 35.5. The van der Waals surface area contributed by atoms with Crippen LogP contribution >= 0.6 is 22.9 Å². The highest BCUT2D eigenvalue weighted by Crippen LogP contribution is 2.26. The highest BCUT2D eigenvalue weighted by molar-refractivity contribution is 7.18. The molecule has 1 N–H and O–H groups in total. The number of halogens is 1. The number of hydrogen-bond donors (Lipinski definition) is 1. The molecular weight excluding hydrogens is 394 g/mol. The number of aromatic nitrogens is 1. The summed E-state index contributed by atoms with van der Waals surface area (Å²) in [5.41, 5.74) is 2.88. The molecule has 0 spiro atoms. The lowest BCUT2D eigenvalue weighted by molar-refractivity contribution is 0.0720. The summed E-state index contributed by atoms with van der Waals surface area (Å²) in [6.45, 7) is 0. The largest absolute Gasteiger partial charge is 0.392 e. The van der Waals surface area contributed by atoms with Crippen molar-refractivity contribution in [3.8, 4) is 0 Å². The van der Waals surface area contributed by atoms with E-state index in [1.54, 1.807) is 18.3 Å². The molecule has 1 unspecified atom stereocenters. The number of ketones is 1. The van der Waals surface area contributed by atoms with Crippen LogP contribution in [0.1, 0.15) is 34.5 Å². The molecule has 142 valence electrons. The van der Waals surface area contributed by atoms with Gasteiger partial charge in [-0.15, -0.1) is 11.3 Å². The van der Waals surface area contributed by atoms with Crippen LogP contribution in [0.3, 0.4) is 0 Å². The Hall–Kier alpha value is -2.70. The van der Waals surface area contributed by atoms with Crippen molar-refractivity contribution in [2.75, 3.05) is 5.32 Å². The number of benzene rings is 1. The van der Waals surface area contributed by atoms with Crippen LogP contribution in [0.2, 0.25) is 4.34 Å². The molecule has 0 fully saturated rings. The number of carbonyl (C=O) groups excluding carboxylic acids is 1. The van der Waals surface area contributed by atoms with Crippen LogP contribution in [0.5, 0.6) is 0 Å². The van der Waals surface area contributed by atoms with Crippen molar-refractivity contribution >= 4 is 45.9 Å². The zero-order valence-corrected chi connectivity index (χ0v) is 16.5. The molecule has 3 heterocycles. The molecule has 5 nitrogen and oxygen atoms in total. The van der Waals surface area contributed by atoms with Crippen molar-refractivity contribution in [3.63, 3.8) is 0 Å². The van der Waals surface area contributed by atoms with Gasteiger partial charge in [-0.2, -0.15) is 0 Å². The van der Waals surface area contributed by atoms with E-state index in [0.717, 1.165) is 22.8 Å². The van der Waals surface area contributed by atoms with Gasteiger partial charge in [0.25, 0.3) is 0 Å². The van der Waals surface area contributed by atoms with E-state index in [1.807, 2.05) is 42.5 Å². The normalized spacial score (nSPS) is 15.8. The van der Waals surface area contributed by atoms with Crippen molar-refractivity contribution in [2.24, 2.45) is 5.16 Å². The number of hydrogen-bond acceptors (Lipinski definition) is 6. The van der Waals surface area contributed by atoms with Crippen molar-refractivity contribution in [3.05, 3.63) is 75.6 Å². The SMILES string of the molecule is O=C(CCC1CC(c2ccc(Nc3ccccn3)cc2)=NO1)c1ccc(Cl)s1. The lowest BCUT2D eigenvalue weighted by Gasteiger charge is -2.07. The minimum atomic E-state index is -0.0688. The Kier molecular flexibility index (Phi) is 5.69. The molecule has 4 rings (SSSR count). The Bertz CT molecular complexity index is 986. The van der Waals surface area contributed by atoms with Gasteiger partial charge >= 0.3 is 0 Å². The van der Waals surface area contributed by atoms with E-state index >= 15 is 0 Å². The summed E-state index contributed by atoms with van der Waals surface area (Å²) in [5, 5.41) is 7.46. The van der Waals surface area contributed by atoms with E-state index in [0.29, 0.717) is 28.5 Å². The molecule has 1 aromatic carbocycles. The minimum Gasteiger partial charge on any atom is -0.392 e. The van der Waals surface area contributed by atoms with E-state index in [-0.39, 0.29) is 11.9 Å². The van der Waals surface area contributed by atoms with Crippen molar-refractivity contribution in [1.82, 2.24) is 4.98 Å². The van der Waals surface area contributed by atoms with Gasteiger partial charge in [-0.05, 0) is 48.4 Å². The van der Waals surface area contributed by atoms with Crippen LogP contribution in [0.15, 0.2) is 65.9 Å². The fourth-order valence-electron chi connectivity index (χ4n) is 2.96. The Morgan fingerprint density at radius 1 is 1.18 bits per heavy atom. The van der Waals surface area contributed by atoms with Crippen LogP contribution in [0.4, 0.5) is 11.5 Å². The molecule has 0 radical (unpaired) electrons. The lowest BCUT2D eigenvalue weighted by Crippen LogP contribution is -2.11. The summed E-state index contributed by atoms with van der Waals surface area (Å²) in [5.74, 6) is 0.896. The summed E-state index contributed by atoms with van der Waals surface area (Å²) >= 11 is 7.20. The first-order valence-electron chi connectivity index (χ1n) is 8.97. The molecule has 0 saturated carbocycles. The highest BCUT2D eigenvalue weighted by Gasteiger charge is 2.23. The molecule has 1 aliphatic rings. The number of oxime groups is 1. The molecule has 0 saturated heterocycles. The van der Waals surface area contributed by atoms with Gasteiger partial charge in [0, 0.05) is 24.7 Å². The van der Waals surface area contributed by atoms with E-state index in [9.17, 15) is 4.79 Å². The number of rotatable bonds is 7. The number of nitrogens with zero attached hydrogens (tertiary/aromatic N) is 2. The van der Waals surface area contributed by atoms with Gasteiger partial charge < -0.3 is 10.2 Å². The molecule has 1 aliphatic heterocycles. The minimum absolute atomic E-state index is 0.0688. The fraction of sp³-hybridized carbons (Fsp3) is 0.190. The smallest absolute Gasteiger partial charge is 0.172 e. The molecule has 0 aliphatic carbocycles. The van der Waals surface area contributed by atoms with E-state index in [4.69, 9.17) is 16.4 Å². The molecule has 2 aromatic heterocycles. The maximum atomic E-state index is 12.2. The summed E-state index contributed by atoms with van der Waals surface area (Å²) in [4.78, 5) is 22.7. The Balaban J connectivity index is 1.29. The predicted molar refractivity (Wildman–Crippen MR) is 113 cm³/mol. The second-order valence-corrected chi connectivity index (χ2v) is 8.17. The molecule has 1 atom stereocenters. The standard InChI is InChI=1S/C21H18ClN3O2S/c22-20-11-10-19(28-20)18(26)9-8-16-13-17(25-27-16)14-4-6-15(7-5-14)24-21-3-1-2-12-23-21/h1-7,10-12,16H,8-9,13H2,(H,23,24). The average Bonchev–Trinajstić information content (AvgIpc) is 3.37. The fourth-order valence-corrected chi connectivity index (χ4v) is 3.97. The van der Waals surface area contributed by atoms with Crippen molar-refractivity contribution in [1.29, 1.82) is 0 Å². The van der Waals surface area contributed by atoms with Crippen LogP contribution in [-0.2, 0) is 4.84 Å². The second-order valence-electron chi connectivity index (χ2n) is 6.45. The monoisotopic (exact) mass is 411 g/mol. The van der Waals surface area contributed by atoms with Crippen molar-refractivity contribution in [2.45, 2.75) is 25.4 Å². The van der Waals surface area contributed by atoms with Crippen LogP contribution in [-0.4, -0.2) is 22.6 Å². The predicted octanol–water partition coefficient (Wildman–Crippen LogP) is 5.70. The number of nitrogens with one attached hydrogen (secondary N) is 1. The van der Waals surface area contributed by atoms with Crippen LogP contribution in [0.25, 0.3) is 0 Å². The summed E-state index contributed by atoms with van der Waals surface area (Å²) in [6.07, 6.45) is 3.45. The second kappa shape index (κ2) is 8.54. The molecule has 3 aromatic rings. The van der Waals surface area contributed by atoms with Crippen LogP contribution in [0, 0.1) is 0 Å². The Morgan fingerprint density at radius 3 is 2.75 bits per heavy atom. The average molecular weight is 412 g/mol. The quantitative estimate of drug-likeness (QED) is 0.507. The van der Waals surface area contributed by atoms with Gasteiger partial charge in [0.15, 0.2) is 5.78 Å². The van der Waals surface area contributed by atoms with Gasteiger partial charge in [-0.25, -0.2) is 4.98 Å². The molecule has 28 heavy (non-hydrogen) atoms. The zero-order chi connectivity index (χ0) is 19.3. The van der Waals surface area contributed by atoms with Crippen molar-refractivity contribution < 1.29 is 9.63 Å². The van der Waals surface area contributed by atoms with Gasteiger partial charge in [0.1, 0.15) is 11.9 Å². The number of thiophene rings is 1. The Labute approximate surface area is 172 Å². The van der Waals surface area contributed by atoms with E-state index in [2.05, 4.69) is 15.5 Å². The van der Waals surface area contributed by atoms with Gasteiger partial charge in [-0.1, -0.05) is 35.0 Å². The summed E-state index contributed by atoms with van der Waals surface area (Å²) in [7, 11) is 0. The van der Waals surface area contributed by atoms with E-state index < -0.39 is 0 Å². The lowest BCUT2D eigenvalue weighted by atomic mass is 10.0. The van der Waals surface area contributed by atoms with Crippen LogP contribution < -0.4 is 5.32 Å². The Morgan fingerprint density at radius 2 is 2.04 bits per heavy atom. The first kappa shape index (κ1) is 18.7. The maximum Gasteiger partial charge on any atom is 0.172 e. The third kappa shape index (κ3) is 4.58. The first-order chi connectivity index (χ1) is 13.7. The number of pyridine rings is 1. The topological polar surface area (TPSA) is 63.6 Å². The third-order valence-corrected chi connectivity index (χ3v) is 5.70. The molecular formula is C21H18ClN3O2S. The van der Waals surface area contributed by atoms with Gasteiger partial charge in [-0.3, -0.25) is 4.79 Å². The van der Waals surface area contributed by atoms with Gasteiger partial charge in [0.2, 0.25) is 0 Å².